The first-order valence-electron chi connectivity index (χ1n) is 9.98. The first kappa shape index (κ1) is 18.3. The quantitative estimate of drug-likeness (QED) is 0.811. The lowest BCUT2D eigenvalue weighted by atomic mass is 10.1. The number of hydrogen-bond acceptors (Lipinski definition) is 5. The van der Waals surface area contributed by atoms with Crippen LogP contribution in [0.25, 0.3) is 0 Å². The Morgan fingerprint density at radius 2 is 2.11 bits per heavy atom. The number of hydrogen-bond donors (Lipinski definition) is 1. The minimum absolute atomic E-state index is 0.145. The molecule has 3 heterocycles. The van der Waals surface area contributed by atoms with Crippen LogP contribution >= 0.6 is 0 Å². The van der Waals surface area contributed by atoms with Crippen molar-refractivity contribution < 1.29 is 14.0 Å². The largest absolute Gasteiger partial charge is 0.376 e. The molecule has 2 fully saturated rings. The second kappa shape index (κ2) is 8.31. The lowest BCUT2D eigenvalue weighted by molar-refractivity contribution is -0.933. The highest BCUT2D eigenvalue weighted by atomic mass is 19.1. The SMILES string of the molecule is CC[C@@H](c1nnnn1C[C@@H]1CCCO1)[NH+]1CCN(c2ccccc2F)CC1. The summed E-state index contributed by atoms with van der Waals surface area (Å²) in [7, 11) is 0. The Bertz CT molecular complexity index is 739. The van der Waals surface area contributed by atoms with Gasteiger partial charge in [-0.05, 0) is 35.4 Å². The highest BCUT2D eigenvalue weighted by Gasteiger charge is 2.32. The van der Waals surface area contributed by atoms with Crippen molar-refractivity contribution in [1.29, 1.82) is 0 Å². The Hall–Kier alpha value is -2.06. The standard InChI is InChI=1S/C19H27FN6O/c1-2-17(19-21-22-23-26(19)14-15-6-5-13-27-15)24-9-11-25(12-10-24)18-8-4-3-7-16(18)20/h3-4,7-8,15,17H,2,5-6,9-14H2,1H3/p+1/t15-,17-/m0/s1. The highest BCUT2D eigenvalue weighted by molar-refractivity contribution is 5.47. The molecular formula is C19H28FN6O+. The Balaban J connectivity index is 1.42. The van der Waals surface area contributed by atoms with Gasteiger partial charge in [-0.2, -0.15) is 0 Å². The molecule has 0 bridgehead atoms. The van der Waals surface area contributed by atoms with E-state index in [4.69, 9.17) is 4.74 Å². The molecule has 2 atom stereocenters. The van der Waals surface area contributed by atoms with Gasteiger partial charge in [-0.3, -0.25) is 0 Å². The van der Waals surface area contributed by atoms with Crippen LogP contribution in [-0.4, -0.2) is 59.1 Å². The van der Waals surface area contributed by atoms with Crippen LogP contribution in [0.1, 0.15) is 38.1 Å². The summed E-state index contributed by atoms with van der Waals surface area (Å²) in [4.78, 5) is 3.61. The van der Waals surface area contributed by atoms with E-state index in [0.717, 1.165) is 64.4 Å². The topological polar surface area (TPSA) is 60.5 Å². The summed E-state index contributed by atoms with van der Waals surface area (Å²) in [5.41, 5.74) is 0.702. The number of ether oxygens (including phenoxy) is 1. The van der Waals surface area contributed by atoms with Crippen molar-refractivity contribution >= 4 is 5.69 Å². The minimum Gasteiger partial charge on any atom is -0.376 e. The molecule has 0 radical (unpaired) electrons. The molecule has 0 unspecified atom stereocenters. The van der Waals surface area contributed by atoms with Gasteiger partial charge in [0.2, 0.25) is 5.82 Å². The number of tetrazole rings is 1. The van der Waals surface area contributed by atoms with Crippen LogP contribution in [0, 0.1) is 5.82 Å². The molecule has 0 aliphatic carbocycles. The van der Waals surface area contributed by atoms with Gasteiger partial charge in [0.05, 0.1) is 44.5 Å². The maximum Gasteiger partial charge on any atom is 0.209 e. The van der Waals surface area contributed by atoms with E-state index in [2.05, 4.69) is 27.3 Å². The third-order valence-electron chi connectivity index (χ3n) is 5.77. The summed E-state index contributed by atoms with van der Waals surface area (Å²) in [5, 5.41) is 12.5. The number of quaternary nitrogens is 1. The van der Waals surface area contributed by atoms with Crippen molar-refractivity contribution in [3.8, 4) is 0 Å². The Morgan fingerprint density at radius 1 is 1.30 bits per heavy atom. The fourth-order valence-corrected chi connectivity index (χ4v) is 4.32. The molecule has 0 spiro atoms. The van der Waals surface area contributed by atoms with E-state index in [1.807, 2.05) is 16.8 Å². The van der Waals surface area contributed by atoms with Gasteiger partial charge in [-0.1, -0.05) is 19.1 Å². The third-order valence-corrected chi connectivity index (χ3v) is 5.77. The van der Waals surface area contributed by atoms with E-state index in [1.165, 1.54) is 11.0 Å². The fourth-order valence-electron chi connectivity index (χ4n) is 4.32. The summed E-state index contributed by atoms with van der Waals surface area (Å²) in [6.07, 6.45) is 3.38. The first-order valence-corrected chi connectivity index (χ1v) is 9.98. The number of aromatic nitrogens is 4. The molecular weight excluding hydrogens is 347 g/mol. The van der Waals surface area contributed by atoms with Crippen molar-refractivity contribution in [2.24, 2.45) is 0 Å². The van der Waals surface area contributed by atoms with Gasteiger partial charge >= 0.3 is 0 Å². The highest BCUT2D eigenvalue weighted by Crippen LogP contribution is 2.20. The van der Waals surface area contributed by atoms with Crippen LogP contribution in [0.2, 0.25) is 0 Å². The van der Waals surface area contributed by atoms with Crippen molar-refractivity contribution in [3.63, 3.8) is 0 Å². The molecule has 27 heavy (non-hydrogen) atoms. The summed E-state index contributed by atoms with van der Waals surface area (Å²) >= 11 is 0. The third kappa shape index (κ3) is 3.96. The van der Waals surface area contributed by atoms with Crippen molar-refractivity contribution in [2.75, 3.05) is 37.7 Å². The molecule has 2 aromatic rings. The zero-order valence-corrected chi connectivity index (χ0v) is 15.9. The van der Waals surface area contributed by atoms with Crippen LogP contribution < -0.4 is 9.80 Å². The predicted molar refractivity (Wildman–Crippen MR) is 99.1 cm³/mol. The zero-order chi connectivity index (χ0) is 18.6. The summed E-state index contributed by atoms with van der Waals surface area (Å²) in [6.45, 7) is 7.31. The van der Waals surface area contributed by atoms with Gasteiger partial charge in [0, 0.05) is 13.0 Å². The predicted octanol–water partition coefficient (Wildman–Crippen LogP) is 0.847. The van der Waals surface area contributed by atoms with Crippen LogP contribution in [0.4, 0.5) is 10.1 Å². The number of benzene rings is 1. The van der Waals surface area contributed by atoms with Gasteiger partial charge < -0.3 is 14.5 Å². The van der Waals surface area contributed by atoms with E-state index in [1.54, 1.807) is 6.07 Å². The van der Waals surface area contributed by atoms with Gasteiger partial charge in [0.15, 0.2) is 0 Å². The van der Waals surface area contributed by atoms with E-state index in [0.29, 0.717) is 5.69 Å². The molecule has 0 saturated carbocycles. The van der Waals surface area contributed by atoms with E-state index >= 15 is 0 Å². The fraction of sp³-hybridized carbons (Fsp3) is 0.632. The monoisotopic (exact) mass is 375 g/mol. The van der Waals surface area contributed by atoms with E-state index < -0.39 is 0 Å². The Labute approximate surface area is 159 Å². The maximum absolute atomic E-state index is 14.1. The molecule has 4 rings (SSSR count). The van der Waals surface area contributed by atoms with Crippen LogP contribution in [0.5, 0.6) is 0 Å². The number of nitrogens with zero attached hydrogens (tertiary/aromatic N) is 5. The van der Waals surface area contributed by atoms with Crippen molar-refractivity contribution in [1.82, 2.24) is 20.2 Å². The van der Waals surface area contributed by atoms with Crippen LogP contribution in [-0.2, 0) is 11.3 Å². The normalized spacial score (nSPS) is 22.3. The molecule has 2 saturated heterocycles. The Kier molecular flexibility index (Phi) is 5.63. The van der Waals surface area contributed by atoms with Gasteiger partial charge in [-0.15, -0.1) is 5.10 Å². The van der Waals surface area contributed by atoms with Gasteiger partial charge in [0.1, 0.15) is 11.9 Å². The minimum atomic E-state index is -0.145. The lowest BCUT2D eigenvalue weighted by Gasteiger charge is -2.37. The summed E-state index contributed by atoms with van der Waals surface area (Å²) < 4.78 is 21.8. The average molecular weight is 375 g/mol. The molecule has 1 aromatic heterocycles. The van der Waals surface area contributed by atoms with Crippen molar-refractivity contribution in [2.45, 2.75) is 44.9 Å². The smallest absolute Gasteiger partial charge is 0.209 e. The maximum atomic E-state index is 14.1. The molecule has 2 aliphatic heterocycles. The number of anilines is 1. The van der Waals surface area contributed by atoms with Gasteiger partial charge in [-0.25, -0.2) is 9.07 Å². The van der Waals surface area contributed by atoms with E-state index in [-0.39, 0.29) is 18.0 Å². The molecule has 8 heteroatoms. The Morgan fingerprint density at radius 3 is 2.81 bits per heavy atom. The second-order valence-corrected chi connectivity index (χ2v) is 7.41. The number of para-hydroxylation sites is 1. The average Bonchev–Trinajstić information content (AvgIpc) is 3.37. The summed E-state index contributed by atoms with van der Waals surface area (Å²) in [5.74, 6) is 0.802. The number of halogens is 1. The lowest BCUT2D eigenvalue weighted by Crippen LogP contribution is -3.15. The van der Waals surface area contributed by atoms with Gasteiger partial charge in [0.25, 0.3) is 0 Å². The zero-order valence-electron chi connectivity index (χ0n) is 15.9. The number of nitrogens with one attached hydrogen (secondary N) is 1. The molecule has 1 N–H and O–H groups in total. The molecule has 2 aliphatic rings. The second-order valence-electron chi connectivity index (χ2n) is 7.41. The molecule has 0 amide bonds. The van der Waals surface area contributed by atoms with E-state index in [9.17, 15) is 4.39 Å². The molecule has 1 aromatic carbocycles. The number of piperazine rings is 1. The van der Waals surface area contributed by atoms with Crippen LogP contribution in [0.15, 0.2) is 24.3 Å². The summed E-state index contributed by atoms with van der Waals surface area (Å²) in [6, 6.07) is 7.28. The molecule has 146 valence electrons. The van der Waals surface area contributed by atoms with Crippen molar-refractivity contribution in [3.05, 3.63) is 35.9 Å². The number of rotatable bonds is 6. The first-order chi connectivity index (χ1) is 13.3. The molecule has 7 nitrogen and oxygen atoms in total. The van der Waals surface area contributed by atoms with Crippen LogP contribution in [0.3, 0.4) is 0 Å².